The molecular formula is C15H26N4. The predicted molar refractivity (Wildman–Crippen MR) is 80.9 cm³/mol. The Hall–Kier alpha value is -1.32. The number of aromatic nitrogens is 2. The molecule has 0 bridgehead atoms. The molecule has 0 unspecified atom stereocenters. The first-order chi connectivity index (χ1) is 8.95. The molecule has 1 fully saturated rings. The molecule has 0 saturated heterocycles. The Bertz CT molecular complexity index is 432. The van der Waals surface area contributed by atoms with Crippen molar-refractivity contribution in [3.8, 4) is 0 Å². The number of rotatable bonds is 5. The molecule has 4 heteroatoms. The molecule has 4 nitrogen and oxygen atoms in total. The minimum Gasteiger partial charge on any atom is -0.370 e. The van der Waals surface area contributed by atoms with Crippen molar-refractivity contribution in [1.29, 1.82) is 0 Å². The molecule has 0 aromatic carbocycles. The molecule has 1 aromatic rings. The average molecular weight is 262 g/mol. The highest BCUT2D eigenvalue weighted by Gasteiger charge is 2.30. The number of hydrogen-bond acceptors (Lipinski definition) is 4. The van der Waals surface area contributed by atoms with E-state index in [0.29, 0.717) is 6.04 Å². The topological polar surface area (TPSA) is 41.0 Å². The summed E-state index contributed by atoms with van der Waals surface area (Å²) >= 11 is 0. The van der Waals surface area contributed by atoms with Crippen LogP contribution in [0, 0.1) is 0 Å². The molecule has 1 aromatic heterocycles. The Balaban J connectivity index is 2.38. The Morgan fingerprint density at radius 3 is 2.42 bits per heavy atom. The summed E-state index contributed by atoms with van der Waals surface area (Å²) in [5, 5.41) is 3.32. The second-order valence-electron chi connectivity index (χ2n) is 6.23. The second kappa shape index (κ2) is 5.35. The predicted octanol–water partition coefficient (Wildman–Crippen LogP) is 3.19. The van der Waals surface area contributed by atoms with E-state index in [2.05, 4.69) is 55.9 Å². The molecule has 1 aliphatic rings. The van der Waals surface area contributed by atoms with E-state index in [1.54, 1.807) is 0 Å². The van der Waals surface area contributed by atoms with Crippen LogP contribution >= 0.6 is 0 Å². The zero-order valence-electron chi connectivity index (χ0n) is 12.8. The van der Waals surface area contributed by atoms with Gasteiger partial charge in [0.25, 0.3) is 0 Å². The third-order valence-electron chi connectivity index (χ3n) is 3.36. The van der Waals surface area contributed by atoms with Crippen LogP contribution in [0.3, 0.4) is 0 Å². The Kier molecular flexibility index (Phi) is 3.97. The molecule has 0 radical (unpaired) electrons. The van der Waals surface area contributed by atoms with E-state index < -0.39 is 0 Å². The van der Waals surface area contributed by atoms with E-state index in [4.69, 9.17) is 4.98 Å². The van der Waals surface area contributed by atoms with Gasteiger partial charge in [-0.15, -0.1) is 0 Å². The molecular weight excluding hydrogens is 236 g/mol. The van der Waals surface area contributed by atoms with Crippen molar-refractivity contribution in [2.45, 2.75) is 58.9 Å². The fraction of sp³-hybridized carbons (Fsp3) is 0.733. The van der Waals surface area contributed by atoms with Crippen LogP contribution in [0.4, 0.5) is 11.6 Å². The first-order valence-electron chi connectivity index (χ1n) is 7.35. The number of nitrogens with one attached hydrogen (secondary N) is 1. The van der Waals surface area contributed by atoms with Gasteiger partial charge in [-0.25, -0.2) is 9.97 Å². The average Bonchev–Trinajstić information content (AvgIpc) is 3.13. The van der Waals surface area contributed by atoms with Crippen LogP contribution in [0.15, 0.2) is 6.07 Å². The van der Waals surface area contributed by atoms with Crippen molar-refractivity contribution in [2.24, 2.45) is 0 Å². The zero-order valence-corrected chi connectivity index (χ0v) is 12.8. The molecule has 19 heavy (non-hydrogen) atoms. The molecule has 1 saturated carbocycles. The van der Waals surface area contributed by atoms with E-state index in [-0.39, 0.29) is 5.41 Å². The van der Waals surface area contributed by atoms with Crippen molar-refractivity contribution in [2.75, 3.05) is 23.3 Å². The Morgan fingerprint density at radius 2 is 1.95 bits per heavy atom. The lowest BCUT2D eigenvalue weighted by Gasteiger charge is -2.25. The van der Waals surface area contributed by atoms with Gasteiger partial charge in [0, 0.05) is 30.6 Å². The van der Waals surface area contributed by atoms with E-state index in [1.807, 2.05) is 0 Å². The van der Waals surface area contributed by atoms with E-state index >= 15 is 0 Å². The number of hydrogen-bond donors (Lipinski definition) is 1. The maximum absolute atomic E-state index is 4.79. The van der Waals surface area contributed by atoms with Gasteiger partial charge >= 0.3 is 0 Å². The van der Waals surface area contributed by atoms with Crippen LogP contribution in [0.5, 0.6) is 0 Å². The van der Waals surface area contributed by atoms with Gasteiger partial charge in [0.1, 0.15) is 17.5 Å². The Labute approximate surface area is 116 Å². The molecule has 0 atom stereocenters. The van der Waals surface area contributed by atoms with Gasteiger partial charge in [0.05, 0.1) is 0 Å². The zero-order chi connectivity index (χ0) is 14.0. The first-order valence-corrected chi connectivity index (χ1v) is 7.35. The second-order valence-corrected chi connectivity index (χ2v) is 6.23. The van der Waals surface area contributed by atoms with Crippen molar-refractivity contribution in [1.82, 2.24) is 9.97 Å². The van der Waals surface area contributed by atoms with Crippen LogP contribution in [-0.2, 0) is 5.41 Å². The van der Waals surface area contributed by atoms with Crippen LogP contribution in [0.2, 0.25) is 0 Å². The minimum absolute atomic E-state index is 0.0247. The highest BCUT2D eigenvalue weighted by Crippen LogP contribution is 2.32. The van der Waals surface area contributed by atoms with Crippen LogP contribution in [0.1, 0.15) is 53.3 Å². The molecule has 0 aliphatic heterocycles. The lowest BCUT2D eigenvalue weighted by molar-refractivity contribution is 0.544. The SMILES string of the molecule is CCNc1cc(N(CC)C2CC2)nc(C(C)(C)C)n1. The summed E-state index contributed by atoms with van der Waals surface area (Å²) in [6.45, 7) is 12.7. The Morgan fingerprint density at radius 1 is 1.26 bits per heavy atom. The third-order valence-corrected chi connectivity index (χ3v) is 3.36. The van der Waals surface area contributed by atoms with E-state index in [9.17, 15) is 0 Å². The molecule has 2 rings (SSSR count). The van der Waals surface area contributed by atoms with Crippen molar-refractivity contribution < 1.29 is 0 Å². The maximum atomic E-state index is 4.79. The van der Waals surface area contributed by atoms with Crippen molar-refractivity contribution in [3.63, 3.8) is 0 Å². The fourth-order valence-electron chi connectivity index (χ4n) is 2.18. The van der Waals surface area contributed by atoms with Gasteiger partial charge in [0.2, 0.25) is 0 Å². The quantitative estimate of drug-likeness (QED) is 0.884. The van der Waals surface area contributed by atoms with E-state index in [1.165, 1.54) is 12.8 Å². The van der Waals surface area contributed by atoms with Gasteiger partial charge in [-0.2, -0.15) is 0 Å². The molecule has 106 valence electrons. The number of anilines is 2. The van der Waals surface area contributed by atoms with Crippen LogP contribution < -0.4 is 10.2 Å². The van der Waals surface area contributed by atoms with Crippen molar-refractivity contribution >= 4 is 11.6 Å². The lowest BCUT2D eigenvalue weighted by atomic mass is 9.96. The molecule has 1 N–H and O–H groups in total. The van der Waals surface area contributed by atoms with Gasteiger partial charge < -0.3 is 10.2 Å². The third kappa shape index (κ3) is 3.37. The van der Waals surface area contributed by atoms with Gasteiger partial charge in [-0.05, 0) is 26.7 Å². The summed E-state index contributed by atoms with van der Waals surface area (Å²) in [6, 6.07) is 2.77. The normalized spacial score (nSPS) is 15.4. The highest BCUT2D eigenvalue weighted by molar-refractivity contribution is 5.51. The summed E-state index contributed by atoms with van der Waals surface area (Å²) in [5.74, 6) is 2.93. The monoisotopic (exact) mass is 262 g/mol. The summed E-state index contributed by atoms with van der Waals surface area (Å²) in [4.78, 5) is 11.8. The first kappa shape index (κ1) is 14.1. The van der Waals surface area contributed by atoms with Gasteiger partial charge in [-0.3, -0.25) is 0 Å². The summed E-state index contributed by atoms with van der Waals surface area (Å²) in [7, 11) is 0. The molecule has 0 amide bonds. The fourth-order valence-corrected chi connectivity index (χ4v) is 2.18. The summed E-state index contributed by atoms with van der Waals surface area (Å²) in [5.41, 5.74) is -0.0247. The minimum atomic E-state index is -0.0247. The maximum Gasteiger partial charge on any atom is 0.138 e. The summed E-state index contributed by atoms with van der Waals surface area (Å²) < 4.78 is 0. The smallest absolute Gasteiger partial charge is 0.138 e. The molecule has 1 aliphatic carbocycles. The van der Waals surface area contributed by atoms with Crippen molar-refractivity contribution in [3.05, 3.63) is 11.9 Å². The summed E-state index contributed by atoms with van der Waals surface area (Å²) in [6.07, 6.45) is 2.58. The molecule has 0 spiro atoms. The van der Waals surface area contributed by atoms with Gasteiger partial charge in [-0.1, -0.05) is 20.8 Å². The van der Waals surface area contributed by atoms with Crippen LogP contribution in [0.25, 0.3) is 0 Å². The van der Waals surface area contributed by atoms with Crippen LogP contribution in [-0.4, -0.2) is 29.1 Å². The number of nitrogens with zero attached hydrogens (tertiary/aromatic N) is 3. The largest absolute Gasteiger partial charge is 0.370 e. The van der Waals surface area contributed by atoms with E-state index in [0.717, 1.165) is 30.5 Å². The highest BCUT2D eigenvalue weighted by atomic mass is 15.2. The standard InChI is InChI=1S/C15H26N4/c1-6-16-12-10-13(19(7-2)11-8-9-11)18-14(17-12)15(3,4)5/h10-11H,6-9H2,1-5H3,(H,16,17,18). The molecule has 1 heterocycles. The van der Waals surface area contributed by atoms with Gasteiger partial charge in [0.15, 0.2) is 0 Å². The lowest BCUT2D eigenvalue weighted by Crippen LogP contribution is -2.28.